The number of fused-ring (bicyclic) bond motifs is 1. The van der Waals surface area contributed by atoms with Crippen LogP contribution in [0.15, 0.2) is 24.3 Å². The smallest absolute Gasteiger partial charge is 0.231 e. The zero-order valence-corrected chi connectivity index (χ0v) is 12.8. The molecule has 1 aromatic rings. The average molecular weight is 301 g/mol. The molecule has 0 bridgehead atoms. The van der Waals surface area contributed by atoms with E-state index in [1.165, 1.54) is 6.42 Å². The lowest BCUT2D eigenvalue weighted by Crippen LogP contribution is -2.36. The van der Waals surface area contributed by atoms with Gasteiger partial charge in [-0.1, -0.05) is 18.2 Å². The number of carbonyl (C=O) groups excluding carboxylic acids is 2. The van der Waals surface area contributed by atoms with Gasteiger partial charge >= 0.3 is 0 Å². The highest BCUT2D eigenvalue weighted by molar-refractivity contribution is 6.01. The Balaban J connectivity index is 1.41. The molecule has 0 aliphatic carbocycles. The molecule has 0 spiro atoms. The summed E-state index contributed by atoms with van der Waals surface area (Å²) in [6, 6.07) is 7.85. The number of anilines is 1. The number of rotatable bonds is 6. The summed E-state index contributed by atoms with van der Waals surface area (Å²) in [5.41, 5.74) is 2.06. The number of hydrogen-bond acceptors (Lipinski definition) is 3. The van der Waals surface area contributed by atoms with Crippen molar-refractivity contribution >= 4 is 17.5 Å². The first-order valence-corrected chi connectivity index (χ1v) is 8.10. The van der Waals surface area contributed by atoms with Crippen molar-refractivity contribution in [3.05, 3.63) is 29.8 Å². The summed E-state index contributed by atoms with van der Waals surface area (Å²) in [7, 11) is 0. The van der Waals surface area contributed by atoms with E-state index >= 15 is 0 Å². The van der Waals surface area contributed by atoms with Gasteiger partial charge in [-0.3, -0.25) is 9.59 Å². The highest BCUT2D eigenvalue weighted by Gasteiger charge is 2.26. The first-order chi connectivity index (χ1) is 10.7. The second-order valence-electron chi connectivity index (χ2n) is 6.10. The molecule has 2 aliphatic rings. The molecule has 0 saturated carbocycles. The van der Waals surface area contributed by atoms with Crippen molar-refractivity contribution in [2.45, 2.75) is 25.7 Å². The second-order valence-corrected chi connectivity index (χ2v) is 6.10. The summed E-state index contributed by atoms with van der Waals surface area (Å²) in [5.74, 6) is 0.845. The van der Waals surface area contributed by atoms with Crippen LogP contribution in [0.4, 0.5) is 5.69 Å². The summed E-state index contributed by atoms with van der Waals surface area (Å²) in [5, 5.41) is 6.25. The Morgan fingerprint density at radius 1 is 1.36 bits per heavy atom. The van der Waals surface area contributed by atoms with Crippen LogP contribution in [0.1, 0.15) is 24.8 Å². The van der Waals surface area contributed by atoms with E-state index in [0.29, 0.717) is 31.8 Å². The van der Waals surface area contributed by atoms with Crippen LogP contribution in [-0.2, 0) is 16.0 Å². The fraction of sp³-hybridized carbons (Fsp3) is 0.529. The standard InChI is InChI=1S/C17H23N3O2/c21-16(6-5-13-7-8-18-12-13)19-9-10-20-15-4-2-1-3-14(15)11-17(20)22/h1-4,13,18H,5-12H2,(H,19,21). The molecule has 1 fully saturated rings. The number of hydrogen-bond donors (Lipinski definition) is 2. The van der Waals surface area contributed by atoms with Crippen LogP contribution >= 0.6 is 0 Å². The molecule has 22 heavy (non-hydrogen) atoms. The zero-order valence-electron chi connectivity index (χ0n) is 12.8. The summed E-state index contributed by atoms with van der Waals surface area (Å²) < 4.78 is 0. The number of amides is 2. The van der Waals surface area contributed by atoms with Gasteiger partial charge < -0.3 is 15.5 Å². The Labute approximate surface area is 131 Å². The van der Waals surface area contributed by atoms with Gasteiger partial charge in [-0.25, -0.2) is 0 Å². The molecular formula is C17H23N3O2. The fourth-order valence-electron chi connectivity index (χ4n) is 3.25. The predicted molar refractivity (Wildman–Crippen MR) is 85.7 cm³/mol. The van der Waals surface area contributed by atoms with E-state index in [1.807, 2.05) is 24.3 Å². The topological polar surface area (TPSA) is 61.4 Å². The van der Waals surface area contributed by atoms with Crippen molar-refractivity contribution in [2.24, 2.45) is 5.92 Å². The zero-order chi connectivity index (χ0) is 15.4. The van der Waals surface area contributed by atoms with Crippen molar-refractivity contribution in [3.63, 3.8) is 0 Å². The lowest BCUT2D eigenvalue weighted by Gasteiger charge is -2.17. The summed E-state index contributed by atoms with van der Waals surface area (Å²) in [6.07, 6.45) is 3.17. The second kappa shape index (κ2) is 6.92. The predicted octanol–water partition coefficient (Wildman–Crippen LogP) is 1.08. The number of benzene rings is 1. The van der Waals surface area contributed by atoms with Crippen molar-refractivity contribution in [1.82, 2.24) is 10.6 Å². The van der Waals surface area contributed by atoms with Gasteiger partial charge in [0.15, 0.2) is 0 Å². The van der Waals surface area contributed by atoms with Gasteiger partial charge in [0.1, 0.15) is 0 Å². The van der Waals surface area contributed by atoms with Crippen LogP contribution in [0.3, 0.4) is 0 Å². The Bertz CT molecular complexity index is 553. The Hall–Kier alpha value is -1.88. The number of para-hydroxylation sites is 1. The van der Waals surface area contributed by atoms with E-state index in [2.05, 4.69) is 10.6 Å². The molecule has 2 N–H and O–H groups in total. The van der Waals surface area contributed by atoms with E-state index in [4.69, 9.17) is 0 Å². The van der Waals surface area contributed by atoms with Crippen LogP contribution in [0.5, 0.6) is 0 Å². The fourth-order valence-corrected chi connectivity index (χ4v) is 3.25. The van der Waals surface area contributed by atoms with Crippen LogP contribution < -0.4 is 15.5 Å². The SMILES string of the molecule is O=C(CCC1CCNC1)NCCN1C(=O)Cc2ccccc21. The average Bonchev–Trinajstić information content (AvgIpc) is 3.13. The molecule has 3 rings (SSSR count). The minimum atomic E-state index is 0.0897. The minimum Gasteiger partial charge on any atom is -0.354 e. The maximum Gasteiger partial charge on any atom is 0.231 e. The van der Waals surface area contributed by atoms with E-state index < -0.39 is 0 Å². The van der Waals surface area contributed by atoms with Crippen molar-refractivity contribution in [1.29, 1.82) is 0 Å². The molecule has 118 valence electrons. The maximum absolute atomic E-state index is 12.0. The third kappa shape index (κ3) is 3.47. The van der Waals surface area contributed by atoms with E-state index in [1.54, 1.807) is 4.90 Å². The number of carbonyl (C=O) groups is 2. The van der Waals surface area contributed by atoms with Gasteiger partial charge in [0.05, 0.1) is 6.42 Å². The van der Waals surface area contributed by atoms with E-state index in [9.17, 15) is 9.59 Å². The van der Waals surface area contributed by atoms with Gasteiger partial charge in [-0.15, -0.1) is 0 Å². The summed E-state index contributed by atoms with van der Waals surface area (Å²) >= 11 is 0. The Morgan fingerprint density at radius 3 is 3.05 bits per heavy atom. The van der Waals surface area contributed by atoms with Gasteiger partial charge in [-0.05, 0) is 43.5 Å². The lowest BCUT2D eigenvalue weighted by atomic mass is 10.0. The molecule has 2 aliphatic heterocycles. The number of nitrogens with zero attached hydrogens (tertiary/aromatic N) is 1. The van der Waals surface area contributed by atoms with Gasteiger partial charge in [0, 0.05) is 25.2 Å². The molecule has 1 atom stereocenters. The minimum absolute atomic E-state index is 0.0897. The van der Waals surface area contributed by atoms with Crippen LogP contribution in [0, 0.1) is 5.92 Å². The Morgan fingerprint density at radius 2 is 2.23 bits per heavy atom. The highest BCUT2D eigenvalue weighted by Crippen LogP contribution is 2.27. The molecule has 1 aromatic carbocycles. The van der Waals surface area contributed by atoms with Crippen molar-refractivity contribution in [3.8, 4) is 0 Å². The quantitative estimate of drug-likeness (QED) is 0.826. The van der Waals surface area contributed by atoms with Crippen LogP contribution in [0.25, 0.3) is 0 Å². The number of nitrogens with one attached hydrogen (secondary N) is 2. The highest BCUT2D eigenvalue weighted by atomic mass is 16.2. The molecule has 5 nitrogen and oxygen atoms in total. The largest absolute Gasteiger partial charge is 0.354 e. The molecule has 1 unspecified atom stereocenters. The third-order valence-electron chi connectivity index (χ3n) is 4.52. The Kier molecular flexibility index (Phi) is 4.73. The van der Waals surface area contributed by atoms with Gasteiger partial charge in [0.2, 0.25) is 11.8 Å². The molecule has 0 radical (unpaired) electrons. The molecule has 0 aromatic heterocycles. The lowest BCUT2D eigenvalue weighted by molar-refractivity contribution is -0.121. The van der Waals surface area contributed by atoms with E-state index in [0.717, 1.165) is 30.8 Å². The summed E-state index contributed by atoms with van der Waals surface area (Å²) in [6.45, 7) is 3.17. The molecule has 2 amide bonds. The first-order valence-electron chi connectivity index (χ1n) is 8.10. The van der Waals surface area contributed by atoms with E-state index in [-0.39, 0.29) is 11.8 Å². The maximum atomic E-state index is 12.0. The summed E-state index contributed by atoms with van der Waals surface area (Å²) in [4.78, 5) is 25.7. The van der Waals surface area contributed by atoms with Gasteiger partial charge in [0.25, 0.3) is 0 Å². The third-order valence-corrected chi connectivity index (χ3v) is 4.52. The monoisotopic (exact) mass is 301 g/mol. The molecule has 5 heteroatoms. The van der Waals surface area contributed by atoms with Gasteiger partial charge in [-0.2, -0.15) is 0 Å². The molecular weight excluding hydrogens is 278 g/mol. The molecule has 1 saturated heterocycles. The van der Waals surface area contributed by atoms with Crippen molar-refractivity contribution < 1.29 is 9.59 Å². The first kappa shape index (κ1) is 15.0. The van der Waals surface area contributed by atoms with Crippen LogP contribution in [0.2, 0.25) is 0 Å². The normalized spacial score (nSPS) is 20.3. The van der Waals surface area contributed by atoms with Crippen molar-refractivity contribution in [2.75, 3.05) is 31.1 Å². The van der Waals surface area contributed by atoms with Crippen LogP contribution in [-0.4, -0.2) is 38.0 Å². The molecule has 2 heterocycles.